The Kier molecular flexibility index (Phi) is 11.3. The summed E-state index contributed by atoms with van der Waals surface area (Å²) in [7, 11) is 0. The first-order valence-corrected chi connectivity index (χ1v) is 6.90. The third-order valence-electron chi connectivity index (χ3n) is 2.34. The van der Waals surface area contributed by atoms with E-state index in [4.69, 9.17) is 5.73 Å². The number of hydrogen-bond acceptors (Lipinski definition) is 1. The van der Waals surface area contributed by atoms with E-state index >= 15 is 0 Å². The highest BCUT2D eigenvalue weighted by Crippen LogP contribution is 2.17. The summed E-state index contributed by atoms with van der Waals surface area (Å²) in [6.45, 7) is 3.12. The predicted octanol–water partition coefficient (Wildman–Crippen LogP) is 3.89. The lowest BCUT2D eigenvalue weighted by Crippen LogP contribution is -2.04. The van der Waals surface area contributed by atoms with Crippen LogP contribution in [0.3, 0.4) is 0 Å². The fraction of sp³-hybridized carbons (Fsp3) is 1.00. The molecule has 0 spiro atoms. The number of alkyl halides is 1. The molecule has 0 amide bonds. The minimum atomic E-state index is 0.856. The predicted molar refractivity (Wildman–Crippen MR) is 69.5 cm³/mol. The Morgan fingerprint density at radius 2 is 1.62 bits per heavy atom. The van der Waals surface area contributed by atoms with Gasteiger partial charge in [0.1, 0.15) is 0 Å². The third kappa shape index (κ3) is 10.6. The van der Waals surface area contributed by atoms with Crippen molar-refractivity contribution in [1.29, 1.82) is 0 Å². The van der Waals surface area contributed by atoms with Crippen LogP contribution in [0, 0.1) is 0 Å². The molecule has 1 unspecified atom stereocenters. The second kappa shape index (κ2) is 10.8. The number of halogens is 1. The maximum absolute atomic E-state index is 5.47. The van der Waals surface area contributed by atoms with Crippen molar-refractivity contribution in [1.82, 2.24) is 0 Å². The minimum absolute atomic E-state index is 0.856. The molecule has 0 aliphatic rings. The van der Waals surface area contributed by atoms with Crippen LogP contribution in [-0.2, 0) is 0 Å². The van der Waals surface area contributed by atoms with Gasteiger partial charge in [0.25, 0.3) is 0 Å². The van der Waals surface area contributed by atoms with Crippen LogP contribution in [0.1, 0.15) is 58.3 Å². The number of nitrogens with two attached hydrogens (primary N) is 1. The zero-order valence-electron chi connectivity index (χ0n) is 8.90. The van der Waals surface area contributed by atoms with Crippen molar-refractivity contribution in [2.75, 3.05) is 6.54 Å². The van der Waals surface area contributed by atoms with E-state index in [2.05, 4.69) is 29.5 Å². The lowest BCUT2D eigenvalue weighted by Gasteiger charge is -2.08. The first-order chi connectivity index (χ1) is 6.31. The Morgan fingerprint density at radius 3 is 2.23 bits per heavy atom. The second-order valence-corrected chi connectivity index (χ2v) is 5.49. The average molecular weight is 297 g/mol. The molecule has 0 aliphatic carbocycles. The average Bonchev–Trinajstić information content (AvgIpc) is 2.14. The van der Waals surface area contributed by atoms with Gasteiger partial charge in [0.2, 0.25) is 0 Å². The van der Waals surface area contributed by atoms with Gasteiger partial charge in [-0.25, -0.2) is 0 Å². The van der Waals surface area contributed by atoms with Crippen LogP contribution in [-0.4, -0.2) is 10.5 Å². The van der Waals surface area contributed by atoms with Crippen LogP contribution >= 0.6 is 22.6 Å². The maximum Gasteiger partial charge on any atom is 0.0110 e. The summed E-state index contributed by atoms with van der Waals surface area (Å²) in [5.41, 5.74) is 5.47. The third-order valence-corrected chi connectivity index (χ3v) is 3.59. The molecule has 1 nitrogen and oxygen atoms in total. The number of hydrogen-bond donors (Lipinski definition) is 1. The molecule has 0 bridgehead atoms. The first kappa shape index (κ1) is 13.7. The summed E-state index contributed by atoms with van der Waals surface area (Å²) >= 11 is 2.57. The SMILES string of the molecule is CCCCCCCC(I)CCCN. The van der Waals surface area contributed by atoms with Crippen LogP contribution < -0.4 is 5.73 Å². The Balaban J connectivity index is 3.03. The molecule has 0 radical (unpaired) electrons. The van der Waals surface area contributed by atoms with Crippen molar-refractivity contribution >= 4 is 22.6 Å². The van der Waals surface area contributed by atoms with E-state index in [1.165, 1.54) is 51.4 Å². The second-order valence-electron chi connectivity index (χ2n) is 3.73. The highest BCUT2D eigenvalue weighted by Gasteiger charge is 2.02. The van der Waals surface area contributed by atoms with E-state index in [-0.39, 0.29) is 0 Å². The van der Waals surface area contributed by atoms with Crippen LogP contribution in [0.2, 0.25) is 0 Å². The Bertz CT molecular complexity index is 96.1. The standard InChI is InChI=1S/C11H24IN/c1-2-3-4-5-6-8-11(12)9-7-10-13/h11H,2-10,13H2,1H3. The molecule has 1 atom stereocenters. The van der Waals surface area contributed by atoms with Crippen LogP contribution in [0.4, 0.5) is 0 Å². The Morgan fingerprint density at radius 1 is 1.00 bits per heavy atom. The molecule has 0 fully saturated rings. The topological polar surface area (TPSA) is 26.0 Å². The number of rotatable bonds is 9. The van der Waals surface area contributed by atoms with E-state index in [9.17, 15) is 0 Å². The van der Waals surface area contributed by atoms with Gasteiger partial charge < -0.3 is 5.73 Å². The summed E-state index contributed by atoms with van der Waals surface area (Å²) in [6.07, 6.45) is 10.9. The maximum atomic E-state index is 5.47. The zero-order chi connectivity index (χ0) is 9.94. The molecule has 0 aliphatic heterocycles. The molecule has 0 saturated carbocycles. The fourth-order valence-corrected chi connectivity index (χ4v) is 2.33. The first-order valence-electron chi connectivity index (χ1n) is 5.65. The molecule has 80 valence electrons. The molecular formula is C11H24IN. The minimum Gasteiger partial charge on any atom is -0.330 e. The zero-order valence-corrected chi connectivity index (χ0v) is 11.1. The highest BCUT2D eigenvalue weighted by molar-refractivity contribution is 14.1. The summed E-state index contributed by atoms with van der Waals surface area (Å²) in [6, 6.07) is 0. The van der Waals surface area contributed by atoms with Crippen molar-refractivity contribution in [3.8, 4) is 0 Å². The quantitative estimate of drug-likeness (QED) is 0.390. The summed E-state index contributed by atoms with van der Waals surface area (Å²) in [5.74, 6) is 0. The van der Waals surface area contributed by atoms with E-state index in [0.717, 1.165) is 10.5 Å². The molecular weight excluding hydrogens is 273 g/mol. The van der Waals surface area contributed by atoms with Gasteiger partial charge in [-0.15, -0.1) is 0 Å². The fourth-order valence-electron chi connectivity index (χ4n) is 1.45. The molecule has 0 heterocycles. The Labute approximate surface area is 97.0 Å². The molecule has 2 N–H and O–H groups in total. The van der Waals surface area contributed by atoms with Crippen LogP contribution in [0.5, 0.6) is 0 Å². The van der Waals surface area contributed by atoms with Crippen molar-refractivity contribution in [3.63, 3.8) is 0 Å². The van der Waals surface area contributed by atoms with E-state index < -0.39 is 0 Å². The van der Waals surface area contributed by atoms with Crippen molar-refractivity contribution in [2.24, 2.45) is 5.73 Å². The van der Waals surface area contributed by atoms with Gasteiger partial charge in [-0.2, -0.15) is 0 Å². The monoisotopic (exact) mass is 297 g/mol. The van der Waals surface area contributed by atoms with Gasteiger partial charge in [-0.1, -0.05) is 61.6 Å². The van der Waals surface area contributed by atoms with Gasteiger partial charge in [0, 0.05) is 3.92 Å². The van der Waals surface area contributed by atoms with Crippen molar-refractivity contribution < 1.29 is 0 Å². The number of unbranched alkanes of at least 4 members (excludes halogenated alkanes) is 4. The van der Waals surface area contributed by atoms with Gasteiger partial charge in [-0.05, 0) is 25.8 Å². The van der Waals surface area contributed by atoms with Gasteiger partial charge in [0.15, 0.2) is 0 Å². The summed E-state index contributed by atoms with van der Waals surface area (Å²) in [5, 5.41) is 0. The summed E-state index contributed by atoms with van der Waals surface area (Å²) < 4.78 is 0.864. The lowest BCUT2D eigenvalue weighted by atomic mass is 10.1. The van der Waals surface area contributed by atoms with E-state index in [1.807, 2.05) is 0 Å². The molecule has 0 saturated heterocycles. The van der Waals surface area contributed by atoms with E-state index in [0.29, 0.717) is 0 Å². The normalized spacial score (nSPS) is 13.2. The van der Waals surface area contributed by atoms with Gasteiger partial charge >= 0.3 is 0 Å². The molecule has 13 heavy (non-hydrogen) atoms. The Hall–Kier alpha value is 0.690. The van der Waals surface area contributed by atoms with Crippen molar-refractivity contribution in [3.05, 3.63) is 0 Å². The molecule has 0 aromatic rings. The van der Waals surface area contributed by atoms with Crippen LogP contribution in [0.15, 0.2) is 0 Å². The molecule has 2 heteroatoms. The summed E-state index contributed by atoms with van der Waals surface area (Å²) in [4.78, 5) is 0. The van der Waals surface area contributed by atoms with Crippen molar-refractivity contribution in [2.45, 2.75) is 62.2 Å². The van der Waals surface area contributed by atoms with Crippen LogP contribution in [0.25, 0.3) is 0 Å². The lowest BCUT2D eigenvalue weighted by molar-refractivity contribution is 0.584. The van der Waals surface area contributed by atoms with Gasteiger partial charge in [0.05, 0.1) is 0 Å². The highest BCUT2D eigenvalue weighted by atomic mass is 127. The van der Waals surface area contributed by atoms with E-state index in [1.54, 1.807) is 0 Å². The smallest absolute Gasteiger partial charge is 0.0110 e. The largest absolute Gasteiger partial charge is 0.330 e. The molecule has 0 aromatic heterocycles. The van der Waals surface area contributed by atoms with Gasteiger partial charge in [-0.3, -0.25) is 0 Å². The molecule has 0 aromatic carbocycles. The molecule has 0 rings (SSSR count).